The molecular weight excluding hydrogens is 218 g/mol. The third-order valence-corrected chi connectivity index (χ3v) is 3.28. The van der Waals surface area contributed by atoms with Crippen LogP contribution in [0.5, 0.6) is 0 Å². The van der Waals surface area contributed by atoms with Gasteiger partial charge in [0.1, 0.15) is 0 Å². The second-order valence-corrected chi connectivity index (χ2v) is 4.87. The molecule has 0 saturated heterocycles. The Morgan fingerprint density at radius 2 is 1.56 bits per heavy atom. The molecule has 1 nitrogen and oxygen atoms in total. The van der Waals surface area contributed by atoms with Crippen LogP contribution in [-0.2, 0) is 0 Å². The molecule has 1 heteroatoms. The van der Waals surface area contributed by atoms with Crippen molar-refractivity contribution in [2.24, 2.45) is 5.73 Å². The highest BCUT2D eigenvalue weighted by Gasteiger charge is 2.07. The van der Waals surface area contributed by atoms with Crippen molar-refractivity contribution in [1.29, 1.82) is 0 Å². The number of rotatable bonds is 2. The molecule has 2 rings (SSSR count). The molecule has 0 aromatic heterocycles. The molecule has 0 aliphatic rings. The molecule has 0 aliphatic carbocycles. The van der Waals surface area contributed by atoms with Gasteiger partial charge in [-0.2, -0.15) is 0 Å². The van der Waals surface area contributed by atoms with Gasteiger partial charge in [0.05, 0.1) is 0 Å². The molecule has 0 saturated carbocycles. The monoisotopic (exact) mass is 237 g/mol. The number of benzene rings is 2. The Labute approximate surface area is 109 Å². The van der Waals surface area contributed by atoms with Crippen LogP contribution >= 0.6 is 0 Å². The highest BCUT2D eigenvalue weighted by molar-refractivity contribution is 5.75. The minimum atomic E-state index is 0.626. The van der Waals surface area contributed by atoms with Crippen molar-refractivity contribution < 1.29 is 0 Å². The third-order valence-electron chi connectivity index (χ3n) is 3.28. The van der Waals surface area contributed by atoms with E-state index in [9.17, 15) is 0 Å². The van der Waals surface area contributed by atoms with Gasteiger partial charge in [-0.1, -0.05) is 42.5 Å². The van der Waals surface area contributed by atoms with Gasteiger partial charge in [-0.05, 0) is 49.1 Å². The highest BCUT2D eigenvalue weighted by atomic mass is 14.6. The first-order valence-electron chi connectivity index (χ1n) is 6.12. The summed E-state index contributed by atoms with van der Waals surface area (Å²) in [4.78, 5) is 0. The van der Waals surface area contributed by atoms with E-state index in [1.54, 1.807) is 0 Å². The van der Waals surface area contributed by atoms with Gasteiger partial charge in [0.25, 0.3) is 0 Å². The Hall–Kier alpha value is -2.02. The van der Waals surface area contributed by atoms with E-state index in [0.29, 0.717) is 5.70 Å². The summed E-state index contributed by atoms with van der Waals surface area (Å²) in [6.45, 7) is 10.1. The van der Waals surface area contributed by atoms with Crippen molar-refractivity contribution >= 4 is 5.70 Å². The van der Waals surface area contributed by atoms with Crippen LogP contribution in [-0.4, -0.2) is 0 Å². The maximum atomic E-state index is 5.84. The van der Waals surface area contributed by atoms with Gasteiger partial charge in [0.2, 0.25) is 0 Å². The van der Waals surface area contributed by atoms with Gasteiger partial charge in [0, 0.05) is 11.3 Å². The number of nitrogens with two attached hydrogens (primary N) is 1. The molecule has 0 unspecified atom stereocenters. The van der Waals surface area contributed by atoms with Crippen molar-refractivity contribution in [3.8, 4) is 11.1 Å². The predicted molar refractivity (Wildman–Crippen MR) is 79.3 cm³/mol. The van der Waals surface area contributed by atoms with Crippen molar-refractivity contribution in [3.63, 3.8) is 0 Å². The summed E-state index contributed by atoms with van der Waals surface area (Å²) in [5.41, 5.74) is 13.7. The summed E-state index contributed by atoms with van der Waals surface area (Å²) < 4.78 is 0. The molecule has 0 fully saturated rings. The van der Waals surface area contributed by atoms with Crippen LogP contribution in [0.2, 0.25) is 0 Å². The fourth-order valence-electron chi connectivity index (χ4n) is 2.24. The van der Waals surface area contributed by atoms with Crippen LogP contribution in [0.15, 0.2) is 43.0 Å². The Morgan fingerprint density at radius 3 is 2.11 bits per heavy atom. The van der Waals surface area contributed by atoms with E-state index in [1.807, 2.05) is 0 Å². The zero-order valence-corrected chi connectivity index (χ0v) is 11.2. The zero-order valence-electron chi connectivity index (χ0n) is 11.2. The first-order valence-corrected chi connectivity index (χ1v) is 6.12. The van der Waals surface area contributed by atoms with Crippen molar-refractivity contribution in [2.75, 3.05) is 0 Å². The minimum Gasteiger partial charge on any atom is -0.399 e. The van der Waals surface area contributed by atoms with Crippen molar-refractivity contribution in [1.82, 2.24) is 0 Å². The zero-order chi connectivity index (χ0) is 13.3. The molecule has 0 amide bonds. The number of hydrogen-bond acceptors (Lipinski definition) is 1. The van der Waals surface area contributed by atoms with Crippen LogP contribution in [0.1, 0.15) is 22.3 Å². The molecule has 0 heterocycles. The van der Waals surface area contributed by atoms with Gasteiger partial charge in [-0.25, -0.2) is 0 Å². The molecule has 0 spiro atoms. The van der Waals surface area contributed by atoms with Gasteiger partial charge >= 0.3 is 0 Å². The van der Waals surface area contributed by atoms with Gasteiger partial charge in [0.15, 0.2) is 0 Å². The van der Waals surface area contributed by atoms with E-state index in [1.165, 1.54) is 27.8 Å². The lowest BCUT2D eigenvalue weighted by atomic mass is 9.93. The molecular formula is C17H19N. The molecule has 18 heavy (non-hydrogen) atoms. The van der Waals surface area contributed by atoms with Gasteiger partial charge in [-0.15, -0.1) is 0 Å². The van der Waals surface area contributed by atoms with Crippen LogP contribution in [0, 0.1) is 20.8 Å². The Morgan fingerprint density at radius 1 is 0.944 bits per heavy atom. The second-order valence-electron chi connectivity index (χ2n) is 4.87. The topological polar surface area (TPSA) is 26.0 Å². The summed E-state index contributed by atoms with van der Waals surface area (Å²) in [7, 11) is 0. The van der Waals surface area contributed by atoms with Gasteiger partial charge in [-0.3, -0.25) is 0 Å². The standard InChI is InChI=1S/C17H19N/c1-11-5-7-15(8-6-11)17-10-16(14(4)18)12(2)9-13(17)3/h5-10H,4,18H2,1-3H3. The summed E-state index contributed by atoms with van der Waals surface area (Å²) in [6.07, 6.45) is 0. The van der Waals surface area contributed by atoms with Crippen LogP contribution < -0.4 is 5.73 Å². The molecule has 0 bridgehead atoms. The molecule has 2 aromatic rings. The quantitative estimate of drug-likeness (QED) is 0.832. The first kappa shape index (κ1) is 12.4. The molecule has 2 aromatic carbocycles. The average Bonchev–Trinajstić information content (AvgIpc) is 2.30. The van der Waals surface area contributed by atoms with E-state index in [2.05, 4.69) is 63.7 Å². The maximum Gasteiger partial charge on any atom is 0.0317 e. The third kappa shape index (κ3) is 2.30. The lowest BCUT2D eigenvalue weighted by molar-refractivity contribution is 1.34. The predicted octanol–water partition coefficient (Wildman–Crippen LogP) is 4.21. The maximum absolute atomic E-state index is 5.84. The number of hydrogen-bond donors (Lipinski definition) is 1. The van der Waals surface area contributed by atoms with Crippen LogP contribution in [0.25, 0.3) is 16.8 Å². The van der Waals surface area contributed by atoms with E-state index in [0.717, 1.165) is 5.56 Å². The van der Waals surface area contributed by atoms with Crippen LogP contribution in [0.3, 0.4) is 0 Å². The Bertz CT molecular complexity index is 592. The van der Waals surface area contributed by atoms with E-state index in [4.69, 9.17) is 5.73 Å². The molecule has 0 radical (unpaired) electrons. The Kier molecular flexibility index (Phi) is 3.24. The summed E-state index contributed by atoms with van der Waals surface area (Å²) in [6, 6.07) is 12.9. The normalized spacial score (nSPS) is 10.4. The highest BCUT2D eigenvalue weighted by Crippen LogP contribution is 2.28. The lowest BCUT2D eigenvalue weighted by Gasteiger charge is -2.12. The summed E-state index contributed by atoms with van der Waals surface area (Å²) >= 11 is 0. The van der Waals surface area contributed by atoms with E-state index >= 15 is 0 Å². The fourth-order valence-corrected chi connectivity index (χ4v) is 2.24. The Balaban J connectivity index is 2.60. The fraction of sp³-hybridized carbons (Fsp3) is 0.176. The second kappa shape index (κ2) is 4.69. The van der Waals surface area contributed by atoms with E-state index in [-0.39, 0.29) is 0 Å². The summed E-state index contributed by atoms with van der Waals surface area (Å²) in [5.74, 6) is 0. The van der Waals surface area contributed by atoms with Crippen LogP contribution in [0.4, 0.5) is 0 Å². The van der Waals surface area contributed by atoms with E-state index < -0.39 is 0 Å². The molecule has 0 atom stereocenters. The lowest BCUT2D eigenvalue weighted by Crippen LogP contribution is -1.98. The number of aryl methyl sites for hydroxylation is 3. The molecule has 92 valence electrons. The largest absolute Gasteiger partial charge is 0.399 e. The SMILES string of the molecule is C=C(N)c1cc(-c2ccc(C)cc2)c(C)cc1C. The summed E-state index contributed by atoms with van der Waals surface area (Å²) in [5, 5.41) is 0. The molecule has 2 N–H and O–H groups in total. The van der Waals surface area contributed by atoms with Crippen molar-refractivity contribution in [2.45, 2.75) is 20.8 Å². The van der Waals surface area contributed by atoms with Gasteiger partial charge < -0.3 is 5.73 Å². The first-order chi connectivity index (χ1) is 8.49. The minimum absolute atomic E-state index is 0.626. The smallest absolute Gasteiger partial charge is 0.0317 e. The molecule has 0 aliphatic heterocycles. The van der Waals surface area contributed by atoms with Crippen molar-refractivity contribution in [3.05, 3.63) is 65.2 Å². The average molecular weight is 237 g/mol.